The molecule has 0 aliphatic rings. The van der Waals surface area contributed by atoms with Gasteiger partial charge < -0.3 is 5.32 Å². The van der Waals surface area contributed by atoms with E-state index in [1.165, 1.54) is 0 Å². The normalized spacial score (nSPS) is 11.2. The predicted octanol–water partition coefficient (Wildman–Crippen LogP) is 3.26. The SMILES string of the molecule is O=C(Nc1cccc(-c2noc(=O)[nH]2)c1)c1ccc(CS(=O)(=O)c2ccccc2)cc1. The van der Waals surface area contributed by atoms with Crippen LogP contribution in [0, 0.1) is 0 Å². The molecule has 156 valence electrons. The number of carbonyl (C=O) groups is 1. The third kappa shape index (κ3) is 4.78. The summed E-state index contributed by atoms with van der Waals surface area (Å²) in [6.07, 6.45) is 0. The Balaban J connectivity index is 1.46. The lowest BCUT2D eigenvalue weighted by atomic mass is 10.1. The van der Waals surface area contributed by atoms with Gasteiger partial charge in [-0.25, -0.2) is 13.2 Å². The third-order valence-electron chi connectivity index (χ3n) is 4.51. The molecule has 0 fully saturated rings. The molecule has 0 radical (unpaired) electrons. The molecule has 1 heterocycles. The molecule has 0 saturated heterocycles. The van der Waals surface area contributed by atoms with Gasteiger partial charge in [0, 0.05) is 16.8 Å². The molecule has 0 bridgehead atoms. The molecule has 4 aromatic rings. The highest BCUT2D eigenvalue weighted by Gasteiger charge is 2.15. The van der Waals surface area contributed by atoms with E-state index in [0.29, 0.717) is 22.4 Å². The highest BCUT2D eigenvalue weighted by molar-refractivity contribution is 7.90. The lowest BCUT2D eigenvalue weighted by Crippen LogP contribution is -2.12. The van der Waals surface area contributed by atoms with E-state index < -0.39 is 15.6 Å². The Morgan fingerprint density at radius 1 is 0.968 bits per heavy atom. The lowest BCUT2D eigenvalue weighted by molar-refractivity contribution is 0.102. The van der Waals surface area contributed by atoms with Gasteiger partial charge in [0.1, 0.15) is 0 Å². The fourth-order valence-corrected chi connectivity index (χ4v) is 4.35. The van der Waals surface area contributed by atoms with Crippen LogP contribution in [0.5, 0.6) is 0 Å². The Labute approximate surface area is 177 Å². The number of sulfone groups is 1. The minimum absolute atomic E-state index is 0.156. The molecular weight excluding hydrogens is 418 g/mol. The van der Waals surface area contributed by atoms with Crippen LogP contribution in [0.15, 0.2) is 93.1 Å². The van der Waals surface area contributed by atoms with E-state index in [2.05, 4.69) is 20.0 Å². The first-order chi connectivity index (χ1) is 14.9. The van der Waals surface area contributed by atoms with Gasteiger partial charge in [-0.1, -0.05) is 47.6 Å². The predicted molar refractivity (Wildman–Crippen MR) is 114 cm³/mol. The van der Waals surface area contributed by atoms with Gasteiger partial charge in [-0.05, 0) is 42.0 Å². The summed E-state index contributed by atoms with van der Waals surface area (Å²) in [6.45, 7) is 0. The Bertz CT molecular complexity index is 1370. The average molecular weight is 435 g/mol. The van der Waals surface area contributed by atoms with E-state index in [0.717, 1.165) is 0 Å². The molecule has 0 aliphatic heterocycles. The molecule has 0 spiro atoms. The first-order valence-corrected chi connectivity index (χ1v) is 10.9. The monoisotopic (exact) mass is 435 g/mol. The molecule has 0 unspecified atom stereocenters. The van der Waals surface area contributed by atoms with Crippen LogP contribution in [0.2, 0.25) is 0 Å². The molecule has 9 heteroatoms. The van der Waals surface area contributed by atoms with Crippen molar-refractivity contribution in [2.24, 2.45) is 0 Å². The second kappa shape index (κ2) is 8.41. The average Bonchev–Trinajstić information content (AvgIpc) is 3.21. The largest absolute Gasteiger partial charge is 0.439 e. The smallest absolute Gasteiger partial charge is 0.322 e. The van der Waals surface area contributed by atoms with Crippen molar-refractivity contribution < 1.29 is 17.7 Å². The van der Waals surface area contributed by atoms with Crippen molar-refractivity contribution in [1.82, 2.24) is 10.1 Å². The number of benzene rings is 3. The van der Waals surface area contributed by atoms with Crippen molar-refractivity contribution in [3.05, 3.63) is 101 Å². The molecule has 4 rings (SSSR count). The number of nitrogens with one attached hydrogen (secondary N) is 2. The number of aromatic nitrogens is 2. The summed E-state index contributed by atoms with van der Waals surface area (Å²) in [4.78, 5) is 26.4. The molecular formula is C22H17N3O5S. The molecule has 3 aromatic carbocycles. The van der Waals surface area contributed by atoms with Gasteiger partial charge in [0.2, 0.25) is 0 Å². The molecule has 0 atom stereocenters. The topological polar surface area (TPSA) is 122 Å². The number of aromatic amines is 1. The van der Waals surface area contributed by atoms with Crippen molar-refractivity contribution >= 4 is 21.4 Å². The zero-order chi connectivity index (χ0) is 21.8. The minimum atomic E-state index is -3.46. The first kappa shape index (κ1) is 20.3. The van der Waals surface area contributed by atoms with Crippen molar-refractivity contribution in [3.63, 3.8) is 0 Å². The van der Waals surface area contributed by atoms with Gasteiger partial charge in [-0.15, -0.1) is 0 Å². The third-order valence-corrected chi connectivity index (χ3v) is 6.21. The molecule has 0 saturated carbocycles. The maximum Gasteiger partial charge on any atom is 0.439 e. The molecule has 31 heavy (non-hydrogen) atoms. The Morgan fingerprint density at radius 3 is 2.39 bits per heavy atom. The number of hydrogen-bond acceptors (Lipinski definition) is 6. The summed E-state index contributed by atoms with van der Waals surface area (Å²) in [6, 6.07) is 21.4. The summed E-state index contributed by atoms with van der Waals surface area (Å²) in [5.74, 6) is -0.927. The van der Waals surface area contributed by atoms with Crippen LogP contribution >= 0.6 is 0 Å². The number of hydrogen-bond donors (Lipinski definition) is 2. The fraction of sp³-hybridized carbons (Fsp3) is 0.0455. The molecule has 1 amide bonds. The zero-order valence-electron chi connectivity index (χ0n) is 16.1. The number of H-pyrrole nitrogens is 1. The van der Waals surface area contributed by atoms with Crippen LogP contribution in [0.4, 0.5) is 5.69 Å². The van der Waals surface area contributed by atoms with E-state index in [1.807, 2.05) is 0 Å². The van der Waals surface area contributed by atoms with E-state index in [1.54, 1.807) is 78.9 Å². The molecule has 1 aromatic heterocycles. The Morgan fingerprint density at radius 2 is 1.71 bits per heavy atom. The van der Waals surface area contributed by atoms with Crippen LogP contribution < -0.4 is 11.1 Å². The lowest BCUT2D eigenvalue weighted by Gasteiger charge is -2.08. The van der Waals surface area contributed by atoms with E-state index in [9.17, 15) is 18.0 Å². The highest BCUT2D eigenvalue weighted by Crippen LogP contribution is 2.20. The van der Waals surface area contributed by atoms with Crippen LogP contribution in [0.1, 0.15) is 15.9 Å². The van der Waals surface area contributed by atoms with Gasteiger partial charge in [0.05, 0.1) is 10.6 Å². The van der Waals surface area contributed by atoms with Crippen LogP contribution in [0.3, 0.4) is 0 Å². The number of amides is 1. The summed E-state index contributed by atoms with van der Waals surface area (Å²) in [5, 5.41) is 6.38. The summed E-state index contributed by atoms with van der Waals surface area (Å²) >= 11 is 0. The van der Waals surface area contributed by atoms with Gasteiger partial charge >= 0.3 is 5.76 Å². The van der Waals surface area contributed by atoms with Crippen molar-refractivity contribution in [1.29, 1.82) is 0 Å². The molecule has 8 nitrogen and oxygen atoms in total. The second-order valence-corrected chi connectivity index (χ2v) is 8.74. The summed E-state index contributed by atoms with van der Waals surface area (Å²) < 4.78 is 29.5. The van der Waals surface area contributed by atoms with Crippen molar-refractivity contribution in [2.75, 3.05) is 5.32 Å². The quantitative estimate of drug-likeness (QED) is 0.479. The summed E-state index contributed by atoms with van der Waals surface area (Å²) in [7, 11) is -3.46. The maximum atomic E-state index is 12.6. The maximum absolute atomic E-state index is 12.6. The van der Waals surface area contributed by atoms with E-state index in [-0.39, 0.29) is 22.4 Å². The zero-order valence-corrected chi connectivity index (χ0v) is 16.9. The van der Waals surface area contributed by atoms with Gasteiger partial charge in [0.15, 0.2) is 15.7 Å². The Kier molecular flexibility index (Phi) is 5.50. The van der Waals surface area contributed by atoms with Gasteiger partial charge in [-0.2, -0.15) is 0 Å². The van der Waals surface area contributed by atoms with E-state index in [4.69, 9.17) is 0 Å². The highest BCUT2D eigenvalue weighted by atomic mass is 32.2. The summed E-state index contributed by atoms with van der Waals surface area (Å²) in [5.41, 5.74) is 2.03. The van der Waals surface area contributed by atoms with Crippen LogP contribution in [0.25, 0.3) is 11.4 Å². The number of anilines is 1. The number of carbonyl (C=O) groups excluding carboxylic acids is 1. The van der Waals surface area contributed by atoms with E-state index >= 15 is 0 Å². The van der Waals surface area contributed by atoms with Gasteiger partial charge in [-0.3, -0.25) is 14.3 Å². The number of rotatable bonds is 6. The molecule has 2 N–H and O–H groups in total. The molecule has 0 aliphatic carbocycles. The van der Waals surface area contributed by atoms with Crippen LogP contribution in [-0.2, 0) is 15.6 Å². The standard InChI is InChI=1S/C22H17N3O5S/c26-21(23-18-6-4-5-17(13-18)20-24-22(27)30-25-20)16-11-9-15(10-12-16)14-31(28,29)19-7-2-1-3-8-19/h1-13H,14H2,(H,23,26)(H,24,25,27). The van der Waals surface area contributed by atoms with Crippen molar-refractivity contribution in [2.45, 2.75) is 10.6 Å². The minimum Gasteiger partial charge on any atom is -0.322 e. The fourth-order valence-electron chi connectivity index (χ4n) is 2.98. The van der Waals surface area contributed by atoms with Gasteiger partial charge in [0.25, 0.3) is 5.91 Å². The van der Waals surface area contributed by atoms with Crippen molar-refractivity contribution in [3.8, 4) is 11.4 Å². The second-order valence-electron chi connectivity index (χ2n) is 6.75. The van der Waals surface area contributed by atoms with Crippen LogP contribution in [-0.4, -0.2) is 24.5 Å². The Hall–Kier alpha value is -3.98. The first-order valence-electron chi connectivity index (χ1n) is 9.25. The number of nitrogens with zero attached hydrogens (tertiary/aromatic N) is 1.